The number of ketones is 1. The highest BCUT2D eigenvalue weighted by Gasteiger charge is 2.45. The first-order valence-corrected chi connectivity index (χ1v) is 28.2. The molecule has 0 saturated carbocycles. The Morgan fingerprint density at radius 1 is 0.746 bits per heavy atom. The fraction of sp³-hybridized carbons (Fsp3) is 0.793. The predicted octanol–water partition coefficient (Wildman–Crippen LogP) is 7.32. The van der Waals surface area contributed by atoms with Crippen LogP contribution in [0.15, 0.2) is 54.1 Å². The molecule has 13 heteroatoms. The van der Waals surface area contributed by atoms with Gasteiger partial charge >= 0.3 is 5.97 Å². The summed E-state index contributed by atoms with van der Waals surface area (Å²) >= 11 is 0. The number of likely N-dealkylation sites (N-methyl/N-ethyl adjacent to an activating group) is 1. The fourth-order valence-electron chi connectivity index (χ4n) is 12.7. The van der Waals surface area contributed by atoms with E-state index < -0.39 is 42.7 Å². The molecular formula is C58H97N5O8. The zero-order valence-electron chi connectivity index (χ0n) is 45.1. The van der Waals surface area contributed by atoms with Gasteiger partial charge in [-0.1, -0.05) is 61.7 Å². The molecule has 71 heavy (non-hydrogen) atoms. The highest BCUT2D eigenvalue weighted by Crippen LogP contribution is 2.36. The van der Waals surface area contributed by atoms with E-state index in [4.69, 9.17) is 14.2 Å². The van der Waals surface area contributed by atoms with Gasteiger partial charge < -0.3 is 54.0 Å². The van der Waals surface area contributed by atoms with Crippen LogP contribution in [-0.2, 0) is 30.3 Å². The summed E-state index contributed by atoms with van der Waals surface area (Å²) in [5, 5.41) is 34.9. The van der Waals surface area contributed by atoms with Crippen molar-refractivity contribution < 1.29 is 39.1 Å². The van der Waals surface area contributed by atoms with Crippen molar-refractivity contribution in [2.24, 2.45) is 23.7 Å². The third-order valence-corrected chi connectivity index (χ3v) is 17.0. The van der Waals surface area contributed by atoms with Crippen LogP contribution in [0.1, 0.15) is 136 Å². The third kappa shape index (κ3) is 18.1. The SMILES string of the molecule is CC(CC1=CC(CN(C)Cc2ccccc2)COC(=O)CC(O)C(CC(C)N2CCCCC2)C(CCO[C@@H]2O[C@H](C)[C@@H](O)[C@H](N(C)C)[C@H]2O)CCC(CC(C)N2CCCCC2)C(=O)C=C1)N1CCCCC1. The number of esters is 1. The minimum atomic E-state index is -1.07. The van der Waals surface area contributed by atoms with Gasteiger partial charge in [-0.3, -0.25) is 9.59 Å². The summed E-state index contributed by atoms with van der Waals surface area (Å²) in [5.41, 5.74) is 2.30. The summed E-state index contributed by atoms with van der Waals surface area (Å²) in [6.45, 7) is 16.7. The number of piperidine rings is 3. The van der Waals surface area contributed by atoms with Gasteiger partial charge in [0.1, 0.15) is 6.10 Å². The van der Waals surface area contributed by atoms with E-state index in [-0.39, 0.29) is 67.2 Å². The van der Waals surface area contributed by atoms with Gasteiger partial charge in [0.25, 0.3) is 0 Å². The average Bonchev–Trinajstić information content (AvgIpc) is 3.36. The van der Waals surface area contributed by atoms with Crippen LogP contribution < -0.4 is 0 Å². The Labute approximate surface area is 429 Å². The lowest BCUT2D eigenvalue weighted by molar-refractivity contribution is -0.281. The zero-order valence-corrected chi connectivity index (χ0v) is 45.1. The molecule has 1 aromatic rings. The Hall–Kier alpha value is -2.56. The molecule has 13 nitrogen and oxygen atoms in total. The quantitative estimate of drug-likeness (QED) is 0.127. The number of nitrogens with zero attached hydrogens (tertiary/aromatic N) is 5. The molecule has 0 aromatic heterocycles. The van der Waals surface area contributed by atoms with Crippen molar-refractivity contribution in [3.63, 3.8) is 0 Å². The maximum Gasteiger partial charge on any atom is 0.308 e. The molecule has 0 radical (unpaired) electrons. The molecule has 5 aliphatic rings. The van der Waals surface area contributed by atoms with Gasteiger partial charge in [-0.2, -0.15) is 0 Å². The number of likely N-dealkylation sites (tertiary alicyclic amines) is 3. The van der Waals surface area contributed by atoms with E-state index in [1.165, 1.54) is 50.5 Å². The van der Waals surface area contributed by atoms with Crippen molar-refractivity contribution in [3.8, 4) is 0 Å². The van der Waals surface area contributed by atoms with Crippen LogP contribution in [0, 0.1) is 23.7 Å². The second kappa shape index (κ2) is 29.5. The normalized spacial score (nSPS) is 32.4. The number of aliphatic hydroxyl groups excluding tert-OH is 3. The number of allylic oxidation sites excluding steroid dienone is 2. The van der Waals surface area contributed by atoms with E-state index >= 15 is 4.79 Å². The number of hydrogen-bond acceptors (Lipinski definition) is 13. The molecule has 402 valence electrons. The van der Waals surface area contributed by atoms with Gasteiger partial charge in [0.15, 0.2) is 12.1 Å². The number of carbonyl (C=O) groups excluding carboxylic acids is 2. The number of aliphatic hydroxyl groups is 3. The number of hydrogen-bond donors (Lipinski definition) is 3. The van der Waals surface area contributed by atoms with Crippen molar-refractivity contribution in [3.05, 3.63) is 59.7 Å². The second-order valence-electron chi connectivity index (χ2n) is 22.9. The Morgan fingerprint density at radius 2 is 1.34 bits per heavy atom. The number of cyclic esters (lactones) is 1. The van der Waals surface area contributed by atoms with Crippen LogP contribution in [0.4, 0.5) is 0 Å². The molecule has 6 rings (SSSR count). The van der Waals surface area contributed by atoms with E-state index in [1.807, 2.05) is 31.1 Å². The van der Waals surface area contributed by atoms with Crippen LogP contribution >= 0.6 is 0 Å². The molecule has 8 unspecified atom stereocenters. The maximum atomic E-state index is 15.0. The van der Waals surface area contributed by atoms with E-state index in [2.05, 4.69) is 83.8 Å². The molecule has 0 amide bonds. The van der Waals surface area contributed by atoms with Crippen LogP contribution in [0.2, 0.25) is 0 Å². The summed E-state index contributed by atoms with van der Waals surface area (Å²) in [6, 6.07) is 10.6. The maximum absolute atomic E-state index is 15.0. The minimum Gasteiger partial charge on any atom is -0.465 e. The molecule has 0 aliphatic carbocycles. The molecular weight excluding hydrogens is 895 g/mol. The van der Waals surface area contributed by atoms with Gasteiger partial charge in [0.2, 0.25) is 0 Å². The highest BCUT2D eigenvalue weighted by atomic mass is 16.7. The molecule has 0 bridgehead atoms. The lowest BCUT2D eigenvalue weighted by atomic mass is 9.75. The second-order valence-corrected chi connectivity index (χ2v) is 22.9. The lowest BCUT2D eigenvalue weighted by Crippen LogP contribution is -2.62. The largest absolute Gasteiger partial charge is 0.465 e. The summed E-state index contributed by atoms with van der Waals surface area (Å²) in [6.07, 6.45) is 16.5. The Bertz CT molecular complexity index is 1770. The highest BCUT2D eigenvalue weighted by molar-refractivity contribution is 5.92. The van der Waals surface area contributed by atoms with Crippen molar-refractivity contribution in [2.75, 3.05) is 80.2 Å². The van der Waals surface area contributed by atoms with Gasteiger partial charge in [0, 0.05) is 43.1 Å². The van der Waals surface area contributed by atoms with E-state index in [1.54, 1.807) is 6.92 Å². The number of benzene rings is 1. The smallest absolute Gasteiger partial charge is 0.308 e. The molecule has 3 N–H and O–H groups in total. The molecule has 13 atom stereocenters. The average molecular weight is 992 g/mol. The fourth-order valence-corrected chi connectivity index (χ4v) is 12.7. The summed E-state index contributed by atoms with van der Waals surface area (Å²) in [4.78, 5) is 41.0. The summed E-state index contributed by atoms with van der Waals surface area (Å²) in [7, 11) is 5.78. The first-order chi connectivity index (χ1) is 34.2. The van der Waals surface area contributed by atoms with Crippen LogP contribution in [0.5, 0.6) is 0 Å². The number of ether oxygens (including phenoxy) is 3. The van der Waals surface area contributed by atoms with Crippen LogP contribution in [0.25, 0.3) is 0 Å². The molecule has 5 heterocycles. The summed E-state index contributed by atoms with van der Waals surface area (Å²) < 4.78 is 18.7. The molecule has 4 fully saturated rings. The number of carbonyl (C=O) groups is 2. The van der Waals surface area contributed by atoms with E-state index in [9.17, 15) is 20.1 Å². The van der Waals surface area contributed by atoms with Gasteiger partial charge in [-0.25, -0.2) is 0 Å². The lowest BCUT2D eigenvalue weighted by Gasteiger charge is -2.44. The van der Waals surface area contributed by atoms with Crippen LogP contribution in [0.3, 0.4) is 0 Å². The monoisotopic (exact) mass is 992 g/mol. The van der Waals surface area contributed by atoms with Crippen molar-refractivity contribution in [1.29, 1.82) is 0 Å². The van der Waals surface area contributed by atoms with Gasteiger partial charge in [0.05, 0.1) is 44.0 Å². The van der Waals surface area contributed by atoms with Crippen molar-refractivity contribution in [2.45, 2.75) is 192 Å². The van der Waals surface area contributed by atoms with Gasteiger partial charge in [-0.05, 0) is 194 Å². The molecule has 4 saturated heterocycles. The predicted molar refractivity (Wildman–Crippen MR) is 283 cm³/mol. The van der Waals surface area contributed by atoms with E-state index in [0.717, 1.165) is 77.1 Å². The first-order valence-electron chi connectivity index (χ1n) is 28.2. The Balaban J connectivity index is 1.34. The molecule has 5 aliphatic heterocycles. The summed E-state index contributed by atoms with van der Waals surface area (Å²) in [5.74, 6) is -1.04. The number of rotatable bonds is 18. The Kier molecular flexibility index (Phi) is 24.0. The van der Waals surface area contributed by atoms with Gasteiger partial charge in [-0.15, -0.1) is 0 Å². The minimum absolute atomic E-state index is 0.115. The first kappa shape index (κ1) is 57.7. The molecule has 1 aromatic carbocycles. The van der Waals surface area contributed by atoms with E-state index in [0.29, 0.717) is 32.2 Å². The van der Waals surface area contributed by atoms with Crippen molar-refractivity contribution >= 4 is 11.8 Å². The Morgan fingerprint density at radius 3 is 1.94 bits per heavy atom. The topological polar surface area (TPSA) is 139 Å². The zero-order chi connectivity index (χ0) is 50.9. The standard InChI is InChI=1S/C58H97N5O8/c1-42(61-27-14-9-15-28-61)34-47-22-25-52(64)50(35-43(2)62-29-16-10-17-30-62)24-23-49(26-33-69-58-57(68)55(59(5)6)56(67)45(4)71-58)51(36-44(3)63-31-18-11-19-32-63)53(65)38-54(66)70-41-48(37-47)40-60(7)39-46-20-12-8-13-21-46/h8,12-13,20-22,25,37,42-45,48-51,53,55-58,65,67-68H,9-11,14-19,23-24,26-36,38-41H2,1-7H3/t42?,43?,44?,45-,48?,49?,50?,51?,53?,55+,56-,57-,58-/m1/s1. The van der Waals surface area contributed by atoms with Crippen molar-refractivity contribution in [1.82, 2.24) is 24.5 Å². The molecule has 0 spiro atoms. The van der Waals surface area contributed by atoms with Crippen LogP contribution in [-0.4, -0.2) is 187 Å². The third-order valence-electron chi connectivity index (χ3n) is 17.0.